The predicted molar refractivity (Wildman–Crippen MR) is 113 cm³/mol. The van der Waals surface area contributed by atoms with Crippen LogP contribution in [0.25, 0.3) is 6.08 Å². The second-order valence-electron chi connectivity index (χ2n) is 6.59. The minimum Gasteiger partial charge on any atom is -0.369 e. The number of allylic oxidation sites excluding steroid dienone is 1. The zero-order chi connectivity index (χ0) is 20.1. The van der Waals surface area contributed by atoms with Crippen LogP contribution in [0.3, 0.4) is 0 Å². The number of piperazine rings is 1. The highest BCUT2D eigenvalue weighted by atomic mass is 35.5. The second kappa shape index (κ2) is 8.90. The molecule has 2 aromatic carbocycles. The van der Waals surface area contributed by atoms with Gasteiger partial charge in [0.1, 0.15) is 0 Å². The van der Waals surface area contributed by atoms with Gasteiger partial charge in [-0.15, -0.1) is 0 Å². The maximum atomic E-state index is 12.9. The van der Waals surface area contributed by atoms with Gasteiger partial charge in [0, 0.05) is 43.3 Å². The quantitative estimate of drug-likeness (QED) is 0.669. The van der Waals surface area contributed by atoms with Crippen molar-refractivity contribution in [2.45, 2.75) is 18.2 Å². The van der Waals surface area contributed by atoms with Gasteiger partial charge in [-0.2, -0.15) is 4.31 Å². The Labute approximate surface area is 171 Å². The van der Waals surface area contributed by atoms with Crippen molar-refractivity contribution < 1.29 is 13.2 Å². The average Bonchev–Trinajstić information content (AvgIpc) is 2.72. The van der Waals surface area contributed by atoms with E-state index in [1.807, 2.05) is 24.3 Å². The first-order chi connectivity index (χ1) is 13.4. The summed E-state index contributed by atoms with van der Waals surface area (Å²) in [5.41, 5.74) is 1.80. The predicted octanol–water partition coefficient (Wildman–Crippen LogP) is 3.84. The maximum Gasteiger partial charge on any atom is 0.243 e. The maximum absolute atomic E-state index is 12.9. The van der Waals surface area contributed by atoms with E-state index in [0.29, 0.717) is 37.6 Å². The molecule has 5 nitrogen and oxygen atoms in total. The van der Waals surface area contributed by atoms with E-state index < -0.39 is 10.0 Å². The number of ketones is 1. The van der Waals surface area contributed by atoms with Gasteiger partial charge in [0.05, 0.1) is 4.90 Å². The second-order valence-corrected chi connectivity index (χ2v) is 8.97. The number of nitrogens with zero attached hydrogens (tertiary/aromatic N) is 2. The van der Waals surface area contributed by atoms with Gasteiger partial charge in [-0.1, -0.05) is 42.8 Å². The zero-order valence-corrected chi connectivity index (χ0v) is 17.3. The van der Waals surface area contributed by atoms with Crippen LogP contribution in [0.15, 0.2) is 59.5 Å². The van der Waals surface area contributed by atoms with Crippen LogP contribution in [0.1, 0.15) is 18.9 Å². The minimum absolute atomic E-state index is 0.0364. The van der Waals surface area contributed by atoms with Gasteiger partial charge in [0.15, 0.2) is 5.78 Å². The van der Waals surface area contributed by atoms with Crippen LogP contribution in [0.2, 0.25) is 5.02 Å². The smallest absolute Gasteiger partial charge is 0.243 e. The largest absolute Gasteiger partial charge is 0.369 e. The van der Waals surface area contributed by atoms with E-state index in [1.165, 1.54) is 10.4 Å². The summed E-state index contributed by atoms with van der Waals surface area (Å²) in [5, 5.41) is 0.669. The number of carbonyl (C=O) groups is 1. The molecule has 0 unspecified atom stereocenters. The van der Waals surface area contributed by atoms with E-state index in [4.69, 9.17) is 11.6 Å². The SMILES string of the molecule is CCC(=O)/C=C/c1ccc(S(=O)(=O)N2CCN(c3cccc(Cl)c3)CC2)cc1. The number of halogens is 1. The minimum atomic E-state index is -3.54. The van der Waals surface area contributed by atoms with Crippen molar-refractivity contribution in [3.63, 3.8) is 0 Å². The van der Waals surface area contributed by atoms with Gasteiger partial charge in [-0.05, 0) is 42.0 Å². The number of sulfonamides is 1. The van der Waals surface area contributed by atoms with Crippen LogP contribution in [-0.2, 0) is 14.8 Å². The summed E-state index contributed by atoms with van der Waals surface area (Å²) in [6.45, 7) is 3.86. The first-order valence-electron chi connectivity index (χ1n) is 9.22. The summed E-state index contributed by atoms with van der Waals surface area (Å²) in [6, 6.07) is 14.2. The molecule has 0 atom stereocenters. The highest BCUT2D eigenvalue weighted by molar-refractivity contribution is 7.89. The highest BCUT2D eigenvalue weighted by Crippen LogP contribution is 2.23. The van der Waals surface area contributed by atoms with Crippen molar-refractivity contribution in [2.75, 3.05) is 31.1 Å². The Morgan fingerprint density at radius 2 is 1.75 bits per heavy atom. The molecular formula is C21H23ClN2O3S. The monoisotopic (exact) mass is 418 g/mol. The van der Waals surface area contributed by atoms with Gasteiger partial charge >= 0.3 is 0 Å². The summed E-state index contributed by atoms with van der Waals surface area (Å²) in [6.07, 6.45) is 3.66. The number of anilines is 1. The van der Waals surface area contributed by atoms with E-state index in [-0.39, 0.29) is 10.7 Å². The first kappa shape index (κ1) is 20.6. The Bertz CT molecular complexity index is 963. The third-order valence-corrected chi connectivity index (χ3v) is 6.89. The third kappa shape index (κ3) is 4.82. The van der Waals surface area contributed by atoms with E-state index in [9.17, 15) is 13.2 Å². The Morgan fingerprint density at radius 1 is 1.07 bits per heavy atom. The summed E-state index contributed by atoms with van der Waals surface area (Å²) < 4.78 is 27.4. The van der Waals surface area contributed by atoms with Crippen molar-refractivity contribution >= 4 is 39.2 Å². The molecule has 2 aromatic rings. The molecule has 1 saturated heterocycles. The van der Waals surface area contributed by atoms with E-state index in [2.05, 4.69) is 4.90 Å². The normalized spacial score (nSPS) is 15.9. The third-order valence-electron chi connectivity index (χ3n) is 4.74. The number of rotatable bonds is 6. The van der Waals surface area contributed by atoms with E-state index >= 15 is 0 Å². The van der Waals surface area contributed by atoms with Gasteiger partial charge in [0.2, 0.25) is 10.0 Å². The molecule has 1 aliphatic rings. The lowest BCUT2D eigenvalue weighted by Crippen LogP contribution is -2.48. The molecule has 0 bridgehead atoms. The standard InChI is InChI=1S/C21H23ClN2O3S/c1-2-20(25)9-6-17-7-10-21(11-8-17)28(26,27)24-14-12-23(13-15-24)19-5-3-4-18(22)16-19/h3-11,16H,2,12-15H2,1H3/b9-6+. The lowest BCUT2D eigenvalue weighted by atomic mass is 10.2. The molecule has 1 heterocycles. The van der Waals surface area contributed by atoms with Gasteiger partial charge in [0.25, 0.3) is 0 Å². The van der Waals surface area contributed by atoms with Crippen molar-refractivity contribution in [3.8, 4) is 0 Å². The Hall–Kier alpha value is -2.15. The van der Waals surface area contributed by atoms with E-state index in [0.717, 1.165) is 11.3 Å². The van der Waals surface area contributed by atoms with Gasteiger partial charge in [-0.3, -0.25) is 4.79 Å². The molecule has 28 heavy (non-hydrogen) atoms. The number of carbonyl (C=O) groups excluding carboxylic acids is 1. The van der Waals surface area contributed by atoms with Crippen LogP contribution in [0.5, 0.6) is 0 Å². The van der Waals surface area contributed by atoms with Crippen LogP contribution in [-0.4, -0.2) is 44.7 Å². The molecule has 0 aliphatic carbocycles. The fourth-order valence-corrected chi connectivity index (χ4v) is 4.67. The molecule has 0 radical (unpaired) electrons. The topological polar surface area (TPSA) is 57.7 Å². The fraction of sp³-hybridized carbons (Fsp3) is 0.286. The molecule has 1 aliphatic heterocycles. The molecule has 1 fully saturated rings. The average molecular weight is 419 g/mol. The Morgan fingerprint density at radius 3 is 2.36 bits per heavy atom. The molecular weight excluding hydrogens is 396 g/mol. The molecule has 0 aromatic heterocycles. The van der Waals surface area contributed by atoms with Crippen molar-refractivity contribution in [2.24, 2.45) is 0 Å². The van der Waals surface area contributed by atoms with Crippen LogP contribution in [0, 0.1) is 0 Å². The van der Waals surface area contributed by atoms with Crippen molar-refractivity contribution in [1.29, 1.82) is 0 Å². The van der Waals surface area contributed by atoms with Crippen LogP contribution in [0.4, 0.5) is 5.69 Å². The molecule has 0 N–H and O–H groups in total. The van der Waals surface area contributed by atoms with Gasteiger partial charge in [-0.25, -0.2) is 8.42 Å². The Balaban J connectivity index is 1.67. The lowest BCUT2D eigenvalue weighted by Gasteiger charge is -2.35. The number of benzene rings is 2. The fourth-order valence-electron chi connectivity index (χ4n) is 3.07. The lowest BCUT2D eigenvalue weighted by molar-refractivity contribution is -0.114. The molecule has 7 heteroatoms. The van der Waals surface area contributed by atoms with E-state index in [1.54, 1.807) is 37.3 Å². The summed E-state index contributed by atoms with van der Waals surface area (Å²) in [7, 11) is -3.54. The summed E-state index contributed by atoms with van der Waals surface area (Å²) in [4.78, 5) is 13.8. The molecule has 0 saturated carbocycles. The van der Waals surface area contributed by atoms with Crippen LogP contribution < -0.4 is 4.90 Å². The van der Waals surface area contributed by atoms with Crippen LogP contribution >= 0.6 is 11.6 Å². The molecule has 3 rings (SSSR count). The first-order valence-corrected chi connectivity index (χ1v) is 11.0. The highest BCUT2D eigenvalue weighted by Gasteiger charge is 2.28. The number of hydrogen-bond acceptors (Lipinski definition) is 4. The van der Waals surface area contributed by atoms with Gasteiger partial charge < -0.3 is 4.90 Å². The van der Waals surface area contributed by atoms with Crippen molar-refractivity contribution in [1.82, 2.24) is 4.31 Å². The summed E-state index contributed by atoms with van der Waals surface area (Å²) in [5.74, 6) is 0.0364. The zero-order valence-electron chi connectivity index (χ0n) is 15.7. The number of hydrogen-bond donors (Lipinski definition) is 0. The Kier molecular flexibility index (Phi) is 6.54. The molecule has 148 valence electrons. The molecule has 0 amide bonds. The van der Waals surface area contributed by atoms with Crippen molar-refractivity contribution in [3.05, 3.63) is 65.2 Å². The molecule has 0 spiro atoms. The summed E-state index contributed by atoms with van der Waals surface area (Å²) >= 11 is 6.05.